The predicted molar refractivity (Wildman–Crippen MR) is 129 cm³/mol. The quantitative estimate of drug-likeness (QED) is 0.373. The fraction of sp³-hybridized carbons (Fsp3) is 0.231. The minimum Gasteiger partial charge on any atom is -0.306 e. The third-order valence-electron chi connectivity index (χ3n) is 6.89. The average molecular weight is 505 g/mol. The molecule has 0 N–H and O–H groups in total. The minimum absolute atomic E-state index is 0.00196. The molecule has 36 heavy (non-hydrogen) atoms. The van der Waals surface area contributed by atoms with Crippen LogP contribution in [-0.4, -0.2) is 34.8 Å². The normalized spacial score (nSPS) is 16.6. The van der Waals surface area contributed by atoms with Crippen molar-refractivity contribution in [1.82, 2.24) is 14.5 Å². The number of hydrogen-bond acceptors (Lipinski definition) is 6. The highest BCUT2D eigenvalue weighted by molar-refractivity contribution is 7.92. The van der Waals surface area contributed by atoms with E-state index in [4.69, 9.17) is 0 Å². The first-order valence-electron chi connectivity index (χ1n) is 11.7. The zero-order chi connectivity index (χ0) is 25.0. The molecule has 0 radical (unpaired) electrons. The van der Waals surface area contributed by atoms with Crippen molar-refractivity contribution in [3.8, 4) is 0 Å². The van der Waals surface area contributed by atoms with Crippen LogP contribution in [0.5, 0.6) is 0 Å². The molecule has 10 heteroatoms. The molecule has 0 saturated heterocycles. The molecule has 1 fully saturated rings. The summed E-state index contributed by atoms with van der Waals surface area (Å²) in [5.41, 5.74) is 0.597. The lowest BCUT2D eigenvalue weighted by molar-refractivity contribution is 0.0922. The van der Waals surface area contributed by atoms with E-state index in [0.29, 0.717) is 0 Å². The zero-order valence-corrected chi connectivity index (χ0v) is 19.9. The number of amides is 2. The Bertz CT molecular complexity index is 1620. The molecule has 0 bridgehead atoms. The van der Waals surface area contributed by atoms with Crippen molar-refractivity contribution < 1.29 is 22.4 Å². The van der Waals surface area contributed by atoms with E-state index >= 15 is 0 Å². The van der Waals surface area contributed by atoms with Gasteiger partial charge in [0, 0.05) is 18.4 Å². The fourth-order valence-electron chi connectivity index (χ4n) is 5.28. The van der Waals surface area contributed by atoms with Gasteiger partial charge in [0.15, 0.2) is 5.65 Å². The Morgan fingerprint density at radius 2 is 1.44 bits per heavy atom. The van der Waals surface area contributed by atoms with E-state index < -0.39 is 37.3 Å². The first kappa shape index (κ1) is 22.5. The number of aromatic nitrogens is 3. The number of nitrogens with zero attached hydrogens (tertiary/aromatic N) is 4. The third kappa shape index (κ3) is 3.21. The van der Waals surface area contributed by atoms with Gasteiger partial charge in [-0.25, -0.2) is 27.7 Å². The number of carbonyl (C=O) groups is 2. The number of imide groups is 1. The predicted octanol–water partition coefficient (Wildman–Crippen LogP) is 4.71. The van der Waals surface area contributed by atoms with Crippen LogP contribution >= 0.6 is 0 Å². The monoisotopic (exact) mass is 504 g/mol. The highest BCUT2D eigenvalue weighted by Gasteiger charge is 2.45. The van der Waals surface area contributed by atoms with Crippen molar-refractivity contribution in [3.63, 3.8) is 0 Å². The Kier molecular flexibility index (Phi) is 5.22. The lowest BCUT2D eigenvalue weighted by Gasteiger charge is -2.28. The molecule has 0 atom stereocenters. The lowest BCUT2D eigenvalue weighted by Crippen LogP contribution is -2.34. The van der Waals surface area contributed by atoms with Crippen molar-refractivity contribution in [2.75, 3.05) is 4.90 Å². The molecule has 2 aromatic heterocycles. The van der Waals surface area contributed by atoms with Gasteiger partial charge in [0.05, 0.1) is 11.1 Å². The molecule has 182 valence electrons. The molecule has 6 rings (SSSR count). The van der Waals surface area contributed by atoms with Crippen LogP contribution in [0.2, 0.25) is 0 Å². The number of hydrogen-bond donors (Lipinski definition) is 0. The molecule has 2 aliphatic rings. The Labute approximate surface area is 206 Å². The van der Waals surface area contributed by atoms with Gasteiger partial charge in [-0.1, -0.05) is 43.5 Å². The van der Waals surface area contributed by atoms with Gasteiger partial charge in [0.2, 0.25) is 9.84 Å². The second-order valence-corrected chi connectivity index (χ2v) is 10.8. The van der Waals surface area contributed by atoms with Crippen LogP contribution in [0.1, 0.15) is 58.9 Å². The van der Waals surface area contributed by atoms with E-state index in [0.717, 1.165) is 49.1 Å². The van der Waals surface area contributed by atoms with Gasteiger partial charge in [0.1, 0.15) is 26.9 Å². The topological polar surface area (TPSA) is 102 Å². The molecule has 1 aliphatic heterocycles. The smallest absolute Gasteiger partial charge is 0.267 e. The summed E-state index contributed by atoms with van der Waals surface area (Å²) in [5.74, 6) is -2.34. The van der Waals surface area contributed by atoms with E-state index in [9.17, 15) is 22.4 Å². The number of rotatable bonds is 4. The molecule has 2 amide bonds. The summed E-state index contributed by atoms with van der Waals surface area (Å²) in [6.45, 7) is 0. The number of halogens is 1. The summed E-state index contributed by atoms with van der Waals surface area (Å²) < 4.78 is 44.6. The van der Waals surface area contributed by atoms with E-state index in [1.165, 1.54) is 36.7 Å². The van der Waals surface area contributed by atoms with Crippen molar-refractivity contribution >= 4 is 38.6 Å². The summed E-state index contributed by atoms with van der Waals surface area (Å²) in [7, 11) is -4.56. The SMILES string of the molecule is O=C1c2ccccc2C(=O)N1c1c(S(=O)(=O)c2ccccc2F)c2nccnc2n1C1CCCCC1. The van der Waals surface area contributed by atoms with Crippen LogP contribution in [0.15, 0.2) is 70.7 Å². The Hall–Kier alpha value is -3.92. The molecule has 4 aromatic rings. The summed E-state index contributed by atoms with van der Waals surface area (Å²) in [6.07, 6.45) is 7.06. The molecule has 1 saturated carbocycles. The number of fused-ring (bicyclic) bond motifs is 2. The summed E-state index contributed by atoms with van der Waals surface area (Å²) in [4.78, 5) is 35.9. The second kappa shape index (κ2) is 8.34. The van der Waals surface area contributed by atoms with Crippen molar-refractivity contribution in [3.05, 3.63) is 77.9 Å². The lowest BCUT2D eigenvalue weighted by atomic mass is 9.95. The Morgan fingerprint density at radius 3 is 2.11 bits per heavy atom. The third-order valence-corrected chi connectivity index (χ3v) is 8.72. The highest BCUT2D eigenvalue weighted by atomic mass is 32.2. The number of sulfone groups is 1. The minimum atomic E-state index is -4.56. The van der Waals surface area contributed by atoms with Gasteiger partial charge in [0.25, 0.3) is 11.8 Å². The maximum Gasteiger partial charge on any atom is 0.267 e. The molecule has 8 nitrogen and oxygen atoms in total. The maximum absolute atomic E-state index is 14.8. The molecular formula is C26H21FN4O4S. The maximum atomic E-state index is 14.8. The van der Waals surface area contributed by atoms with Gasteiger partial charge < -0.3 is 4.57 Å². The van der Waals surface area contributed by atoms with E-state index in [1.54, 1.807) is 16.7 Å². The van der Waals surface area contributed by atoms with Gasteiger partial charge in [-0.15, -0.1) is 0 Å². The number of carbonyl (C=O) groups excluding carboxylic acids is 2. The van der Waals surface area contributed by atoms with Crippen LogP contribution in [0.4, 0.5) is 10.2 Å². The molecule has 3 heterocycles. The summed E-state index contributed by atoms with van der Waals surface area (Å²) in [6, 6.07) is 11.2. The molecule has 0 spiro atoms. The largest absolute Gasteiger partial charge is 0.306 e. The van der Waals surface area contributed by atoms with Gasteiger partial charge in [-0.2, -0.15) is 0 Å². The zero-order valence-electron chi connectivity index (χ0n) is 19.1. The van der Waals surface area contributed by atoms with Gasteiger partial charge >= 0.3 is 0 Å². The summed E-state index contributed by atoms with van der Waals surface area (Å²) in [5, 5.41) is 0. The Morgan fingerprint density at radius 1 is 0.833 bits per heavy atom. The standard InChI is InChI=1S/C26H21FN4O4S/c27-19-12-6-7-13-20(19)36(34,35)22-21-23(29-15-14-28-21)30(16-8-2-1-3-9-16)24(22)31-25(32)17-10-4-5-11-18(17)26(31)33/h4-7,10-16H,1-3,8-9H2. The van der Waals surface area contributed by atoms with Crippen molar-refractivity contribution in [2.45, 2.75) is 47.9 Å². The average Bonchev–Trinajstić information content (AvgIpc) is 3.36. The van der Waals surface area contributed by atoms with Crippen molar-refractivity contribution in [2.24, 2.45) is 0 Å². The van der Waals surface area contributed by atoms with Crippen LogP contribution in [0.25, 0.3) is 11.2 Å². The molecule has 1 aliphatic carbocycles. The van der Waals surface area contributed by atoms with Gasteiger partial charge in [-0.05, 0) is 37.1 Å². The molecular weight excluding hydrogens is 483 g/mol. The van der Waals surface area contributed by atoms with Crippen LogP contribution in [-0.2, 0) is 9.84 Å². The number of anilines is 1. The first-order chi connectivity index (χ1) is 17.4. The van der Waals surface area contributed by atoms with Gasteiger partial charge in [-0.3, -0.25) is 9.59 Å². The van der Waals surface area contributed by atoms with Crippen LogP contribution < -0.4 is 4.90 Å². The Balaban J connectivity index is 1.71. The first-order valence-corrected chi connectivity index (χ1v) is 13.2. The van der Waals surface area contributed by atoms with E-state index in [2.05, 4.69) is 9.97 Å². The van der Waals surface area contributed by atoms with Crippen molar-refractivity contribution in [1.29, 1.82) is 0 Å². The summed E-state index contributed by atoms with van der Waals surface area (Å²) >= 11 is 0. The highest BCUT2D eigenvalue weighted by Crippen LogP contribution is 2.45. The van der Waals surface area contributed by atoms with Crippen LogP contribution in [0, 0.1) is 5.82 Å². The number of benzene rings is 2. The molecule has 2 aromatic carbocycles. The fourth-order valence-corrected chi connectivity index (χ4v) is 6.91. The molecule has 0 unspecified atom stereocenters. The van der Waals surface area contributed by atoms with E-state index in [1.807, 2.05) is 0 Å². The van der Waals surface area contributed by atoms with Crippen LogP contribution in [0.3, 0.4) is 0 Å². The second-order valence-electron chi connectivity index (χ2n) is 8.97. The van der Waals surface area contributed by atoms with E-state index in [-0.39, 0.29) is 34.2 Å².